The Morgan fingerprint density at radius 3 is 0.844 bits per heavy atom. The molecule has 2 aliphatic carbocycles. The SMILES string of the molecule is c1ccc(C(c2ccccc2)c2ccc(-c3ccccc3/C(=C(\c3ccccc3-c3ccc(C(c4ccccc4)c4ccccc4)cc3)C3CCCCC3)C3CCCCC3)cc2)cc1. The second-order valence-corrected chi connectivity index (χ2v) is 18.3. The minimum absolute atomic E-state index is 0.176. The zero-order chi connectivity index (χ0) is 42.9. The van der Waals surface area contributed by atoms with Gasteiger partial charge < -0.3 is 0 Å². The Labute approximate surface area is 382 Å². The monoisotopic (exact) mass is 828 g/mol. The highest BCUT2D eigenvalue weighted by Crippen LogP contribution is 2.50. The van der Waals surface area contributed by atoms with Gasteiger partial charge in [0.05, 0.1) is 0 Å². The van der Waals surface area contributed by atoms with Crippen molar-refractivity contribution < 1.29 is 0 Å². The average Bonchev–Trinajstić information content (AvgIpc) is 3.38. The van der Waals surface area contributed by atoms with Crippen molar-refractivity contribution in [3.05, 3.63) is 263 Å². The predicted molar refractivity (Wildman–Crippen MR) is 271 cm³/mol. The third-order valence-electron chi connectivity index (χ3n) is 14.4. The van der Waals surface area contributed by atoms with E-state index in [1.165, 1.54) is 131 Å². The summed E-state index contributed by atoms with van der Waals surface area (Å²) in [7, 11) is 0. The first kappa shape index (κ1) is 41.5. The highest BCUT2D eigenvalue weighted by molar-refractivity contribution is 6.00. The largest absolute Gasteiger partial charge is 0.0622 e. The van der Waals surface area contributed by atoms with E-state index in [9.17, 15) is 0 Å². The Kier molecular flexibility index (Phi) is 12.9. The summed E-state index contributed by atoms with van der Waals surface area (Å²) in [6, 6.07) is 82.0. The van der Waals surface area contributed by atoms with Crippen LogP contribution >= 0.6 is 0 Å². The molecule has 0 amide bonds. The molecular formula is C64H60. The minimum Gasteiger partial charge on any atom is -0.0622 e. The fourth-order valence-corrected chi connectivity index (χ4v) is 11.3. The lowest BCUT2D eigenvalue weighted by Gasteiger charge is -2.34. The van der Waals surface area contributed by atoms with Crippen molar-refractivity contribution in [2.75, 3.05) is 0 Å². The van der Waals surface area contributed by atoms with Gasteiger partial charge in [-0.1, -0.05) is 257 Å². The Morgan fingerprint density at radius 1 is 0.266 bits per heavy atom. The molecule has 0 aromatic heterocycles. The topological polar surface area (TPSA) is 0 Å². The van der Waals surface area contributed by atoms with Crippen LogP contribution in [-0.4, -0.2) is 0 Å². The zero-order valence-corrected chi connectivity index (χ0v) is 37.2. The van der Waals surface area contributed by atoms with E-state index in [4.69, 9.17) is 0 Å². The van der Waals surface area contributed by atoms with Crippen molar-refractivity contribution in [2.24, 2.45) is 11.8 Å². The van der Waals surface area contributed by atoms with Crippen molar-refractivity contribution in [1.82, 2.24) is 0 Å². The summed E-state index contributed by atoms with van der Waals surface area (Å²) in [6.45, 7) is 0. The smallest absolute Gasteiger partial charge is 0.0339 e. The first-order chi connectivity index (χ1) is 31.8. The van der Waals surface area contributed by atoms with Gasteiger partial charge >= 0.3 is 0 Å². The molecule has 0 heteroatoms. The maximum Gasteiger partial charge on any atom is 0.0339 e. The van der Waals surface area contributed by atoms with Crippen LogP contribution < -0.4 is 0 Å². The Hall–Kier alpha value is -6.50. The van der Waals surface area contributed by atoms with Crippen LogP contribution in [0.2, 0.25) is 0 Å². The van der Waals surface area contributed by atoms with Gasteiger partial charge in [-0.3, -0.25) is 0 Å². The third-order valence-corrected chi connectivity index (χ3v) is 14.4. The number of hydrogen-bond donors (Lipinski definition) is 0. The van der Waals surface area contributed by atoms with E-state index < -0.39 is 0 Å². The van der Waals surface area contributed by atoms with Crippen molar-refractivity contribution >= 4 is 11.1 Å². The van der Waals surface area contributed by atoms with Crippen molar-refractivity contribution in [2.45, 2.75) is 76.0 Å². The van der Waals surface area contributed by atoms with E-state index in [1.54, 1.807) is 11.1 Å². The second-order valence-electron chi connectivity index (χ2n) is 18.3. The maximum absolute atomic E-state index is 2.47. The molecule has 0 unspecified atom stereocenters. The minimum atomic E-state index is 0.176. The molecular weight excluding hydrogens is 769 g/mol. The maximum atomic E-state index is 2.47. The van der Waals surface area contributed by atoms with Gasteiger partial charge in [-0.15, -0.1) is 0 Å². The highest BCUT2D eigenvalue weighted by Gasteiger charge is 2.31. The summed E-state index contributed by atoms with van der Waals surface area (Å²) in [5.41, 5.74) is 19.3. The number of rotatable bonds is 12. The fourth-order valence-electron chi connectivity index (χ4n) is 11.3. The molecule has 0 heterocycles. The number of hydrogen-bond acceptors (Lipinski definition) is 0. The van der Waals surface area contributed by atoms with E-state index >= 15 is 0 Å². The van der Waals surface area contributed by atoms with Gasteiger partial charge in [0, 0.05) is 11.8 Å². The van der Waals surface area contributed by atoms with Crippen LogP contribution in [0, 0.1) is 11.8 Å². The lowest BCUT2D eigenvalue weighted by molar-refractivity contribution is 0.416. The van der Waals surface area contributed by atoms with Gasteiger partial charge in [0.25, 0.3) is 0 Å². The average molecular weight is 829 g/mol. The van der Waals surface area contributed by atoms with Crippen LogP contribution in [0.4, 0.5) is 0 Å². The van der Waals surface area contributed by atoms with E-state index in [0.717, 1.165) is 0 Å². The first-order valence-corrected chi connectivity index (χ1v) is 24.1. The van der Waals surface area contributed by atoms with Crippen molar-refractivity contribution in [3.8, 4) is 22.3 Å². The summed E-state index contributed by atoms with van der Waals surface area (Å²) < 4.78 is 0. The number of benzene rings is 8. The van der Waals surface area contributed by atoms with E-state index in [0.29, 0.717) is 11.8 Å². The van der Waals surface area contributed by atoms with Crippen molar-refractivity contribution in [1.29, 1.82) is 0 Å². The standard InChI is InChI=1S/C64H60/c1-7-23-49(24-8-1)61(50-25-9-2-10-26-50)55-43-39-47(40-44-55)57-35-19-21-37-59(57)63(53-31-15-5-16-32-53)64(54-33-17-6-18-34-54)60-38-22-20-36-58(60)48-41-45-56(46-42-48)62(51-27-11-3-12-28-51)52-29-13-4-14-30-52/h1-4,7-14,19-30,35-46,53-54,61-62H,5-6,15-18,31-34H2/b64-63-. The molecule has 0 saturated heterocycles. The molecule has 0 N–H and O–H groups in total. The Balaban J connectivity index is 1.10. The number of allylic oxidation sites excluding steroid dienone is 2. The van der Waals surface area contributed by atoms with E-state index in [1.807, 2.05) is 0 Å². The van der Waals surface area contributed by atoms with Crippen LogP contribution in [-0.2, 0) is 0 Å². The molecule has 2 saturated carbocycles. The van der Waals surface area contributed by atoms with Crippen LogP contribution in [0.25, 0.3) is 33.4 Å². The van der Waals surface area contributed by atoms with Gasteiger partial charge in [-0.2, -0.15) is 0 Å². The Morgan fingerprint density at radius 2 is 0.531 bits per heavy atom. The molecule has 64 heavy (non-hydrogen) atoms. The fraction of sp³-hybridized carbons (Fsp3) is 0.219. The molecule has 0 atom stereocenters. The van der Waals surface area contributed by atoms with Gasteiger partial charge in [0.15, 0.2) is 0 Å². The van der Waals surface area contributed by atoms with E-state index in [2.05, 4.69) is 218 Å². The lowest BCUT2D eigenvalue weighted by Crippen LogP contribution is -2.17. The van der Waals surface area contributed by atoms with Gasteiger partial charge in [0.2, 0.25) is 0 Å². The molecule has 0 spiro atoms. The molecule has 10 rings (SSSR count). The highest BCUT2D eigenvalue weighted by atomic mass is 14.4. The molecule has 8 aromatic rings. The molecule has 0 nitrogen and oxygen atoms in total. The predicted octanol–water partition coefficient (Wildman–Crippen LogP) is 17.5. The van der Waals surface area contributed by atoms with Gasteiger partial charge in [-0.05, 0) is 115 Å². The van der Waals surface area contributed by atoms with Crippen LogP contribution in [0.1, 0.15) is 121 Å². The van der Waals surface area contributed by atoms with Gasteiger partial charge in [0.1, 0.15) is 0 Å². The molecule has 0 bridgehead atoms. The quantitative estimate of drug-likeness (QED) is 0.0850. The molecule has 2 fully saturated rings. The molecule has 2 aliphatic rings. The molecule has 316 valence electrons. The van der Waals surface area contributed by atoms with Crippen molar-refractivity contribution in [3.63, 3.8) is 0 Å². The summed E-state index contributed by atoms with van der Waals surface area (Å²) in [5.74, 6) is 1.41. The Bertz CT molecular complexity index is 2460. The van der Waals surface area contributed by atoms with Gasteiger partial charge in [-0.25, -0.2) is 0 Å². The second kappa shape index (κ2) is 19.9. The third kappa shape index (κ3) is 8.98. The summed E-state index contributed by atoms with van der Waals surface area (Å²) in [5, 5.41) is 0. The zero-order valence-electron chi connectivity index (χ0n) is 37.2. The van der Waals surface area contributed by atoms with Crippen LogP contribution in [0.5, 0.6) is 0 Å². The van der Waals surface area contributed by atoms with Crippen LogP contribution in [0.15, 0.2) is 218 Å². The normalized spacial score (nSPS) is 15.3. The van der Waals surface area contributed by atoms with E-state index in [-0.39, 0.29) is 11.8 Å². The summed E-state index contributed by atoms with van der Waals surface area (Å²) >= 11 is 0. The summed E-state index contributed by atoms with van der Waals surface area (Å²) in [4.78, 5) is 0. The molecule has 8 aromatic carbocycles. The molecule has 0 aliphatic heterocycles. The lowest BCUT2D eigenvalue weighted by atomic mass is 9.70. The summed E-state index contributed by atoms with van der Waals surface area (Å²) in [6.07, 6.45) is 12.9. The first-order valence-electron chi connectivity index (χ1n) is 24.1. The molecule has 0 radical (unpaired) electrons. The van der Waals surface area contributed by atoms with Crippen LogP contribution in [0.3, 0.4) is 0 Å².